The van der Waals surface area contributed by atoms with Gasteiger partial charge >= 0.3 is 0 Å². The highest BCUT2D eigenvalue weighted by atomic mass is 79.9. The minimum absolute atomic E-state index is 0. The summed E-state index contributed by atoms with van der Waals surface area (Å²) in [5.41, 5.74) is 5.47. The fourth-order valence-corrected chi connectivity index (χ4v) is 3.94. The van der Waals surface area contributed by atoms with Crippen LogP contribution < -0.4 is 5.73 Å². The number of hydrogen-bond acceptors (Lipinski definition) is 3. The fraction of sp³-hybridized carbons (Fsp3) is 0.400. The van der Waals surface area contributed by atoms with Crippen molar-refractivity contribution in [2.45, 2.75) is 17.9 Å². The average Bonchev–Trinajstić information content (AvgIpc) is 2.26. The molecule has 1 aromatic rings. The summed E-state index contributed by atoms with van der Waals surface area (Å²) in [5.74, 6) is 0. The Kier molecular flexibility index (Phi) is 7.13. The summed E-state index contributed by atoms with van der Waals surface area (Å²) in [6.45, 7) is 2.02. The van der Waals surface area contributed by atoms with Crippen molar-refractivity contribution in [1.82, 2.24) is 4.31 Å². The normalized spacial score (nSPS) is 13.2. The molecule has 2 N–H and O–H groups in total. The number of hydrogen-bond donors (Lipinski definition) is 1. The van der Waals surface area contributed by atoms with Crippen LogP contribution in [0.3, 0.4) is 0 Å². The summed E-state index contributed by atoms with van der Waals surface area (Å²) >= 11 is 8.98. The van der Waals surface area contributed by atoms with E-state index in [-0.39, 0.29) is 29.9 Å². The van der Waals surface area contributed by atoms with Gasteiger partial charge < -0.3 is 5.73 Å². The second-order valence-electron chi connectivity index (χ2n) is 3.68. The molecule has 0 bridgehead atoms. The van der Waals surface area contributed by atoms with E-state index in [1.807, 2.05) is 0 Å². The van der Waals surface area contributed by atoms with Crippen molar-refractivity contribution in [3.63, 3.8) is 0 Å². The second kappa shape index (κ2) is 7.07. The van der Waals surface area contributed by atoms with E-state index in [4.69, 9.17) is 17.3 Å². The van der Waals surface area contributed by atoms with Crippen LogP contribution in [0, 0.1) is 0 Å². The van der Waals surface area contributed by atoms with E-state index in [2.05, 4.69) is 15.9 Å². The van der Waals surface area contributed by atoms with E-state index in [9.17, 15) is 8.42 Å². The summed E-state index contributed by atoms with van der Waals surface area (Å²) in [7, 11) is -2.04. The largest absolute Gasteiger partial charge is 0.329 e. The molecular formula is C10H15BrCl2N2O2S. The van der Waals surface area contributed by atoms with Crippen molar-refractivity contribution >= 4 is 50.0 Å². The standard InChI is InChI=1S/C10H14BrClN2O2S.ClH/c1-7(6-13)14(2)17(15,16)10-4-3-8(12)5-9(10)11;/h3-5,7H,6,13H2,1-2H3;1H. The summed E-state index contributed by atoms with van der Waals surface area (Å²) in [4.78, 5) is 0.185. The first-order chi connectivity index (χ1) is 7.80. The number of nitrogens with zero attached hydrogens (tertiary/aromatic N) is 1. The first kappa shape index (κ1) is 18.1. The zero-order chi connectivity index (χ0) is 13.2. The molecule has 0 aliphatic heterocycles. The zero-order valence-electron chi connectivity index (χ0n) is 9.93. The van der Waals surface area contributed by atoms with E-state index < -0.39 is 10.0 Å². The molecule has 4 nitrogen and oxygen atoms in total. The van der Waals surface area contributed by atoms with Crippen LogP contribution in [0.15, 0.2) is 27.6 Å². The van der Waals surface area contributed by atoms with Crippen LogP contribution in [0.2, 0.25) is 5.02 Å². The van der Waals surface area contributed by atoms with Gasteiger partial charge in [-0.1, -0.05) is 11.6 Å². The molecule has 8 heteroatoms. The average molecular weight is 378 g/mol. The molecule has 0 aromatic heterocycles. The Labute approximate surface area is 127 Å². The molecule has 0 amide bonds. The highest BCUT2D eigenvalue weighted by Crippen LogP contribution is 2.27. The van der Waals surface area contributed by atoms with E-state index in [1.54, 1.807) is 19.1 Å². The van der Waals surface area contributed by atoms with Crippen LogP contribution in [0.1, 0.15) is 6.92 Å². The van der Waals surface area contributed by atoms with Crippen molar-refractivity contribution in [2.75, 3.05) is 13.6 Å². The van der Waals surface area contributed by atoms with Crippen molar-refractivity contribution in [3.05, 3.63) is 27.7 Å². The van der Waals surface area contributed by atoms with Crippen LogP contribution in [0.5, 0.6) is 0 Å². The second-order valence-corrected chi connectivity index (χ2v) is 6.94. The monoisotopic (exact) mass is 376 g/mol. The topological polar surface area (TPSA) is 63.4 Å². The lowest BCUT2D eigenvalue weighted by Gasteiger charge is -2.23. The number of halogens is 3. The molecular weight excluding hydrogens is 363 g/mol. The third-order valence-electron chi connectivity index (χ3n) is 2.51. The molecule has 0 saturated heterocycles. The lowest BCUT2D eigenvalue weighted by atomic mass is 10.4. The van der Waals surface area contributed by atoms with Crippen LogP contribution in [-0.2, 0) is 10.0 Å². The van der Waals surface area contributed by atoms with Gasteiger partial charge in [-0.2, -0.15) is 4.31 Å². The van der Waals surface area contributed by atoms with E-state index >= 15 is 0 Å². The Morgan fingerprint density at radius 2 is 2.06 bits per heavy atom. The molecule has 0 fully saturated rings. The number of sulfonamides is 1. The highest BCUT2D eigenvalue weighted by Gasteiger charge is 2.26. The lowest BCUT2D eigenvalue weighted by Crippen LogP contribution is -2.39. The Morgan fingerprint density at radius 3 is 2.50 bits per heavy atom. The van der Waals surface area contributed by atoms with Crippen LogP contribution >= 0.6 is 39.9 Å². The predicted molar refractivity (Wildman–Crippen MR) is 79.9 cm³/mol. The Hall–Kier alpha value is 0.150. The van der Waals surface area contributed by atoms with Crippen LogP contribution in [0.4, 0.5) is 0 Å². The Balaban J connectivity index is 0.00000289. The van der Waals surface area contributed by atoms with E-state index in [1.165, 1.54) is 17.4 Å². The number of nitrogens with two attached hydrogens (primary N) is 1. The van der Waals surface area contributed by atoms with Gasteiger partial charge in [-0.25, -0.2) is 8.42 Å². The third kappa shape index (κ3) is 3.82. The van der Waals surface area contributed by atoms with Gasteiger partial charge in [0.05, 0.1) is 4.90 Å². The number of rotatable bonds is 4. The van der Waals surface area contributed by atoms with Gasteiger partial charge in [0.25, 0.3) is 0 Å². The molecule has 104 valence electrons. The van der Waals surface area contributed by atoms with E-state index in [0.717, 1.165) is 0 Å². The van der Waals surface area contributed by atoms with Crippen molar-refractivity contribution in [3.8, 4) is 0 Å². The summed E-state index contributed by atoms with van der Waals surface area (Å²) in [6.07, 6.45) is 0. The minimum atomic E-state index is -3.55. The SMILES string of the molecule is CC(CN)N(C)S(=O)(=O)c1ccc(Cl)cc1Br.Cl. The van der Waals surface area contributed by atoms with Gasteiger partial charge in [0.15, 0.2) is 0 Å². The molecule has 1 atom stereocenters. The molecule has 0 heterocycles. The smallest absolute Gasteiger partial charge is 0.244 e. The Bertz CT molecular complexity index is 511. The minimum Gasteiger partial charge on any atom is -0.329 e. The molecule has 1 aromatic carbocycles. The predicted octanol–water partition coefficient (Wildman–Crippen LogP) is 2.49. The van der Waals surface area contributed by atoms with Gasteiger partial charge in [-0.05, 0) is 41.1 Å². The van der Waals surface area contributed by atoms with Crippen LogP contribution in [-0.4, -0.2) is 32.4 Å². The fourth-order valence-electron chi connectivity index (χ4n) is 1.22. The Morgan fingerprint density at radius 1 is 1.50 bits per heavy atom. The number of benzene rings is 1. The molecule has 0 aliphatic carbocycles. The van der Waals surface area contributed by atoms with Crippen molar-refractivity contribution < 1.29 is 8.42 Å². The summed E-state index contributed by atoms with van der Waals surface area (Å²) in [5, 5.41) is 0.477. The molecule has 0 aliphatic rings. The highest BCUT2D eigenvalue weighted by molar-refractivity contribution is 9.10. The molecule has 0 saturated carbocycles. The van der Waals surface area contributed by atoms with Gasteiger partial charge in [0.2, 0.25) is 10.0 Å². The van der Waals surface area contributed by atoms with Gasteiger partial charge in [0.1, 0.15) is 0 Å². The maximum absolute atomic E-state index is 12.3. The van der Waals surface area contributed by atoms with Crippen molar-refractivity contribution in [2.24, 2.45) is 5.73 Å². The van der Waals surface area contributed by atoms with Gasteiger partial charge in [-0.15, -0.1) is 12.4 Å². The van der Waals surface area contributed by atoms with Crippen molar-refractivity contribution in [1.29, 1.82) is 0 Å². The third-order valence-corrected chi connectivity index (χ3v) is 5.70. The first-order valence-corrected chi connectivity index (χ1v) is 7.55. The first-order valence-electron chi connectivity index (χ1n) is 4.94. The lowest BCUT2D eigenvalue weighted by molar-refractivity contribution is 0.394. The van der Waals surface area contributed by atoms with Gasteiger partial charge in [0, 0.05) is 29.1 Å². The molecule has 0 radical (unpaired) electrons. The van der Waals surface area contributed by atoms with Crippen LogP contribution in [0.25, 0.3) is 0 Å². The molecule has 0 spiro atoms. The summed E-state index contributed by atoms with van der Waals surface area (Å²) in [6, 6.07) is 4.30. The summed E-state index contributed by atoms with van der Waals surface area (Å²) < 4.78 is 26.2. The maximum atomic E-state index is 12.3. The number of likely N-dealkylation sites (N-methyl/N-ethyl adjacent to an activating group) is 1. The molecule has 1 unspecified atom stereocenters. The quantitative estimate of drug-likeness (QED) is 0.876. The molecule has 1 rings (SSSR count). The van der Waals surface area contributed by atoms with Gasteiger partial charge in [-0.3, -0.25) is 0 Å². The zero-order valence-corrected chi connectivity index (χ0v) is 13.9. The van der Waals surface area contributed by atoms with E-state index in [0.29, 0.717) is 9.50 Å². The maximum Gasteiger partial charge on any atom is 0.244 e. The molecule has 18 heavy (non-hydrogen) atoms.